The van der Waals surface area contributed by atoms with Crippen LogP contribution < -0.4 is 4.90 Å². The largest absolute Gasteiger partial charge is 0.285 e. The van der Waals surface area contributed by atoms with Crippen molar-refractivity contribution < 1.29 is 4.79 Å². The van der Waals surface area contributed by atoms with Gasteiger partial charge in [0.1, 0.15) is 5.82 Å². The summed E-state index contributed by atoms with van der Waals surface area (Å²) >= 11 is 7.09. The van der Waals surface area contributed by atoms with Gasteiger partial charge in [-0.25, -0.2) is 4.98 Å². The van der Waals surface area contributed by atoms with Crippen LogP contribution in [0.5, 0.6) is 0 Å². The first kappa shape index (κ1) is 8.90. The molecule has 1 aromatic rings. The normalized spacial score (nSPS) is 22.8. The summed E-state index contributed by atoms with van der Waals surface area (Å²) in [4.78, 5) is 17.1. The molecule has 1 aromatic heterocycles. The molecule has 1 amide bonds. The first-order chi connectivity index (χ1) is 6.16. The number of halogens is 1. The van der Waals surface area contributed by atoms with E-state index >= 15 is 0 Å². The molecule has 0 N–H and O–H groups in total. The Morgan fingerprint density at radius 3 is 2.92 bits per heavy atom. The van der Waals surface area contributed by atoms with E-state index in [0.717, 1.165) is 0 Å². The third-order valence-corrected chi connectivity index (χ3v) is 2.95. The summed E-state index contributed by atoms with van der Waals surface area (Å²) in [5.74, 6) is 0.738. The second kappa shape index (κ2) is 3.23. The molecule has 1 unspecified atom stereocenters. The molecule has 70 valence electrons. The third kappa shape index (κ3) is 1.66. The Morgan fingerprint density at radius 1 is 1.69 bits per heavy atom. The average Bonchev–Trinajstić information content (AvgIpc) is 2.58. The fourth-order valence-corrected chi connectivity index (χ4v) is 2.22. The number of hydrogen-bond donors (Lipinski definition) is 0. The van der Waals surface area contributed by atoms with Crippen molar-refractivity contribution in [1.82, 2.24) is 9.36 Å². The molecular weight excluding hydrogens is 210 g/mol. The van der Waals surface area contributed by atoms with E-state index in [1.54, 1.807) is 11.8 Å². The number of nitrogens with zero attached hydrogens (tertiary/aromatic N) is 3. The molecule has 0 aliphatic carbocycles. The quantitative estimate of drug-likeness (QED) is 0.664. The van der Waals surface area contributed by atoms with Crippen LogP contribution in [0.15, 0.2) is 0 Å². The molecule has 2 heterocycles. The van der Waals surface area contributed by atoms with Crippen LogP contribution in [0, 0.1) is 6.92 Å². The van der Waals surface area contributed by atoms with Gasteiger partial charge in [-0.05, 0) is 6.92 Å². The molecule has 1 aliphatic heterocycles. The molecule has 0 aromatic carbocycles. The molecule has 0 saturated carbocycles. The number of rotatable bonds is 1. The lowest BCUT2D eigenvalue weighted by molar-refractivity contribution is -0.117. The lowest BCUT2D eigenvalue weighted by atomic mass is 10.4. The monoisotopic (exact) mass is 217 g/mol. The number of anilines is 1. The van der Waals surface area contributed by atoms with Gasteiger partial charge in [-0.2, -0.15) is 4.37 Å². The molecule has 2 rings (SSSR count). The van der Waals surface area contributed by atoms with Gasteiger partial charge in [-0.3, -0.25) is 9.69 Å². The standard InChI is InChI=1S/C7H8ClN3OS/c1-4-9-7(13-10-4)11-3-5(8)2-6(11)12/h5H,2-3H2,1H3. The summed E-state index contributed by atoms with van der Waals surface area (Å²) in [6.45, 7) is 2.35. The molecule has 1 saturated heterocycles. The SMILES string of the molecule is Cc1nsc(N2CC(Cl)CC2=O)n1. The van der Waals surface area contributed by atoms with Gasteiger partial charge in [0.2, 0.25) is 11.0 Å². The second-order valence-corrected chi connectivity index (χ2v) is 4.28. The first-order valence-corrected chi connectivity index (χ1v) is 5.12. The van der Waals surface area contributed by atoms with Crippen molar-refractivity contribution in [2.24, 2.45) is 0 Å². The number of alkyl halides is 1. The van der Waals surface area contributed by atoms with E-state index in [4.69, 9.17) is 11.6 Å². The van der Waals surface area contributed by atoms with Crippen molar-refractivity contribution in [3.8, 4) is 0 Å². The maximum atomic E-state index is 11.4. The number of hydrogen-bond acceptors (Lipinski definition) is 4. The number of aromatic nitrogens is 2. The summed E-state index contributed by atoms with van der Waals surface area (Å²) < 4.78 is 4.01. The zero-order chi connectivity index (χ0) is 9.42. The highest BCUT2D eigenvalue weighted by atomic mass is 35.5. The first-order valence-electron chi connectivity index (χ1n) is 3.91. The van der Waals surface area contributed by atoms with Crippen LogP contribution in [0.2, 0.25) is 0 Å². The van der Waals surface area contributed by atoms with Gasteiger partial charge < -0.3 is 0 Å². The number of amides is 1. The second-order valence-electron chi connectivity index (χ2n) is 2.93. The molecule has 1 atom stereocenters. The Bertz CT molecular complexity index is 340. The summed E-state index contributed by atoms with van der Waals surface area (Å²) in [5, 5.41) is 0.572. The van der Waals surface area contributed by atoms with Gasteiger partial charge in [0.05, 0.1) is 5.38 Å². The van der Waals surface area contributed by atoms with Crippen LogP contribution in [0.3, 0.4) is 0 Å². The number of aryl methyl sites for hydroxylation is 1. The Hall–Kier alpha value is -0.680. The molecule has 0 spiro atoms. The molecular formula is C7H8ClN3OS. The number of carbonyl (C=O) groups excluding carboxylic acids is 1. The summed E-state index contributed by atoms with van der Waals surface area (Å²) in [6.07, 6.45) is 0.403. The molecule has 0 bridgehead atoms. The van der Waals surface area contributed by atoms with Gasteiger partial charge in [0, 0.05) is 24.5 Å². The maximum Gasteiger partial charge on any atom is 0.230 e. The zero-order valence-electron chi connectivity index (χ0n) is 7.03. The minimum absolute atomic E-state index is 0.0381. The fraction of sp³-hybridized carbons (Fsp3) is 0.571. The van der Waals surface area contributed by atoms with Gasteiger partial charge in [0.15, 0.2) is 0 Å². The summed E-state index contributed by atoms with van der Waals surface area (Å²) in [6, 6.07) is 0. The Labute approximate surface area is 84.7 Å². The van der Waals surface area contributed by atoms with Crippen LogP contribution in [0.25, 0.3) is 0 Å². The van der Waals surface area contributed by atoms with E-state index in [-0.39, 0.29) is 11.3 Å². The van der Waals surface area contributed by atoms with Gasteiger partial charge in [-0.15, -0.1) is 11.6 Å². The molecule has 6 heteroatoms. The van der Waals surface area contributed by atoms with E-state index in [1.807, 2.05) is 0 Å². The Balaban J connectivity index is 2.22. The van der Waals surface area contributed by atoms with E-state index in [2.05, 4.69) is 9.36 Å². The van der Waals surface area contributed by atoms with Crippen LogP contribution in [-0.2, 0) is 4.79 Å². The van der Waals surface area contributed by atoms with Crippen LogP contribution >= 0.6 is 23.1 Å². The van der Waals surface area contributed by atoms with Crippen molar-refractivity contribution in [2.45, 2.75) is 18.7 Å². The minimum atomic E-state index is -0.0864. The number of carbonyl (C=O) groups is 1. The van der Waals surface area contributed by atoms with Crippen LogP contribution in [0.4, 0.5) is 5.13 Å². The molecule has 4 nitrogen and oxygen atoms in total. The highest BCUT2D eigenvalue weighted by Gasteiger charge is 2.30. The van der Waals surface area contributed by atoms with Gasteiger partial charge in [-0.1, -0.05) is 0 Å². The van der Waals surface area contributed by atoms with Crippen molar-refractivity contribution in [3.63, 3.8) is 0 Å². The predicted octanol–water partition coefficient (Wildman–Crippen LogP) is 1.19. The summed E-state index contributed by atoms with van der Waals surface area (Å²) in [5.41, 5.74) is 0. The van der Waals surface area contributed by atoms with E-state index in [0.29, 0.717) is 23.9 Å². The molecule has 13 heavy (non-hydrogen) atoms. The lowest BCUT2D eigenvalue weighted by Gasteiger charge is -2.09. The lowest BCUT2D eigenvalue weighted by Crippen LogP contribution is -2.24. The third-order valence-electron chi connectivity index (χ3n) is 1.83. The van der Waals surface area contributed by atoms with Crippen LogP contribution in [-0.4, -0.2) is 27.2 Å². The van der Waals surface area contributed by atoms with E-state index < -0.39 is 0 Å². The van der Waals surface area contributed by atoms with Crippen molar-refractivity contribution >= 4 is 34.2 Å². The highest BCUT2D eigenvalue weighted by Crippen LogP contribution is 2.25. The van der Waals surface area contributed by atoms with Gasteiger partial charge in [0.25, 0.3) is 0 Å². The minimum Gasteiger partial charge on any atom is -0.285 e. The Kier molecular flexibility index (Phi) is 2.21. The van der Waals surface area contributed by atoms with E-state index in [1.165, 1.54) is 11.5 Å². The zero-order valence-corrected chi connectivity index (χ0v) is 8.60. The maximum absolute atomic E-state index is 11.4. The van der Waals surface area contributed by atoms with Gasteiger partial charge >= 0.3 is 0 Å². The topological polar surface area (TPSA) is 46.1 Å². The van der Waals surface area contributed by atoms with Crippen molar-refractivity contribution in [1.29, 1.82) is 0 Å². The predicted molar refractivity (Wildman–Crippen MR) is 51.3 cm³/mol. The molecule has 0 radical (unpaired) electrons. The van der Waals surface area contributed by atoms with Crippen molar-refractivity contribution in [3.05, 3.63) is 5.82 Å². The smallest absolute Gasteiger partial charge is 0.230 e. The Morgan fingerprint density at radius 2 is 2.46 bits per heavy atom. The fourth-order valence-electron chi connectivity index (χ4n) is 1.24. The molecule has 1 aliphatic rings. The van der Waals surface area contributed by atoms with Crippen molar-refractivity contribution in [2.75, 3.05) is 11.4 Å². The van der Waals surface area contributed by atoms with Crippen LogP contribution in [0.1, 0.15) is 12.2 Å². The summed E-state index contributed by atoms with van der Waals surface area (Å²) in [7, 11) is 0. The van der Waals surface area contributed by atoms with E-state index in [9.17, 15) is 4.79 Å². The molecule has 1 fully saturated rings. The average molecular weight is 218 g/mol. The highest BCUT2D eigenvalue weighted by molar-refractivity contribution is 7.09.